The van der Waals surface area contributed by atoms with Crippen molar-refractivity contribution >= 4 is 17.5 Å². The lowest BCUT2D eigenvalue weighted by atomic mass is 10.2. The molecule has 0 aromatic heterocycles. The van der Waals surface area contributed by atoms with Gasteiger partial charge in [-0.3, -0.25) is 4.79 Å². The minimum atomic E-state index is -0.0293. The SMILES string of the molecule is CCCCN(Cc1ccccc1Cl)C(=O)CN. The van der Waals surface area contributed by atoms with Gasteiger partial charge in [-0.25, -0.2) is 0 Å². The topological polar surface area (TPSA) is 46.3 Å². The van der Waals surface area contributed by atoms with E-state index in [9.17, 15) is 4.79 Å². The van der Waals surface area contributed by atoms with Gasteiger partial charge in [0.25, 0.3) is 0 Å². The number of hydrogen-bond acceptors (Lipinski definition) is 2. The van der Waals surface area contributed by atoms with E-state index in [-0.39, 0.29) is 12.5 Å². The van der Waals surface area contributed by atoms with Gasteiger partial charge in [-0.05, 0) is 18.1 Å². The first-order valence-electron chi connectivity index (χ1n) is 5.90. The van der Waals surface area contributed by atoms with Crippen molar-refractivity contribution in [3.63, 3.8) is 0 Å². The number of nitrogens with zero attached hydrogens (tertiary/aromatic N) is 1. The van der Waals surface area contributed by atoms with Gasteiger partial charge in [0.2, 0.25) is 5.91 Å². The quantitative estimate of drug-likeness (QED) is 0.848. The summed E-state index contributed by atoms with van der Waals surface area (Å²) in [6.45, 7) is 3.42. The Morgan fingerprint density at radius 3 is 2.71 bits per heavy atom. The van der Waals surface area contributed by atoms with Gasteiger partial charge in [-0.15, -0.1) is 0 Å². The Bertz CT molecular complexity index is 368. The summed E-state index contributed by atoms with van der Waals surface area (Å²) >= 11 is 6.08. The highest BCUT2D eigenvalue weighted by Crippen LogP contribution is 2.17. The molecule has 0 spiro atoms. The number of hydrogen-bond donors (Lipinski definition) is 1. The summed E-state index contributed by atoms with van der Waals surface area (Å²) < 4.78 is 0. The van der Waals surface area contributed by atoms with Crippen molar-refractivity contribution in [2.75, 3.05) is 13.1 Å². The number of halogens is 1. The van der Waals surface area contributed by atoms with E-state index in [2.05, 4.69) is 6.92 Å². The van der Waals surface area contributed by atoms with Gasteiger partial charge in [0, 0.05) is 18.1 Å². The van der Waals surface area contributed by atoms with E-state index in [1.165, 1.54) is 0 Å². The lowest BCUT2D eigenvalue weighted by molar-refractivity contribution is -0.130. The molecule has 17 heavy (non-hydrogen) atoms. The molecule has 4 heteroatoms. The molecule has 0 atom stereocenters. The number of amides is 1. The fourth-order valence-corrected chi connectivity index (χ4v) is 1.80. The standard InChI is InChI=1S/C13H19ClN2O/c1-2-3-8-16(13(17)9-15)10-11-6-4-5-7-12(11)14/h4-7H,2-3,8-10,15H2,1H3. The van der Waals surface area contributed by atoms with Gasteiger partial charge >= 0.3 is 0 Å². The van der Waals surface area contributed by atoms with E-state index in [4.69, 9.17) is 17.3 Å². The van der Waals surface area contributed by atoms with E-state index < -0.39 is 0 Å². The molecule has 0 bridgehead atoms. The average Bonchev–Trinajstić information content (AvgIpc) is 2.35. The third kappa shape index (κ3) is 4.36. The molecule has 0 radical (unpaired) electrons. The fraction of sp³-hybridized carbons (Fsp3) is 0.462. The Kier molecular flexibility index (Phi) is 6.01. The van der Waals surface area contributed by atoms with Gasteiger partial charge in [-0.1, -0.05) is 43.1 Å². The molecular formula is C13H19ClN2O. The summed E-state index contributed by atoms with van der Waals surface area (Å²) in [5, 5.41) is 0.693. The maximum atomic E-state index is 11.7. The molecule has 1 aromatic carbocycles. The smallest absolute Gasteiger partial charge is 0.236 e. The second kappa shape index (κ2) is 7.30. The zero-order valence-electron chi connectivity index (χ0n) is 10.2. The highest BCUT2D eigenvalue weighted by Gasteiger charge is 2.12. The molecule has 0 aliphatic heterocycles. The number of unbranched alkanes of at least 4 members (excludes halogenated alkanes) is 1. The molecule has 2 N–H and O–H groups in total. The van der Waals surface area contributed by atoms with Crippen LogP contribution in [0.25, 0.3) is 0 Å². The first kappa shape index (κ1) is 14.0. The van der Waals surface area contributed by atoms with Gasteiger partial charge in [0.15, 0.2) is 0 Å². The van der Waals surface area contributed by atoms with Crippen molar-refractivity contribution in [1.82, 2.24) is 4.90 Å². The highest BCUT2D eigenvalue weighted by atomic mass is 35.5. The zero-order valence-corrected chi connectivity index (χ0v) is 10.9. The molecule has 0 aliphatic carbocycles. The van der Waals surface area contributed by atoms with Gasteiger partial charge in [0.05, 0.1) is 6.54 Å². The van der Waals surface area contributed by atoms with Crippen LogP contribution in [0.4, 0.5) is 0 Å². The molecule has 0 aliphatic rings. The van der Waals surface area contributed by atoms with Crippen molar-refractivity contribution in [3.05, 3.63) is 34.9 Å². The minimum absolute atomic E-state index is 0.0293. The molecule has 94 valence electrons. The molecule has 1 rings (SSSR count). The van der Waals surface area contributed by atoms with E-state index in [1.54, 1.807) is 4.90 Å². The zero-order chi connectivity index (χ0) is 12.7. The Morgan fingerprint density at radius 1 is 1.41 bits per heavy atom. The Balaban J connectivity index is 2.72. The van der Waals surface area contributed by atoms with Crippen LogP contribution in [0.2, 0.25) is 5.02 Å². The molecule has 3 nitrogen and oxygen atoms in total. The number of benzene rings is 1. The third-order valence-corrected chi connectivity index (χ3v) is 3.00. The van der Waals surface area contributed by atoms with Crippen LogP contribution in [0, 0.1) is 0 Å². The van der Waals surface area contributed by atoms with Crippen LogP contribution < -0.4 is 5.73 Å². The van der Waals surface area contributed by atoms with Crippen LogP contribution in [0.5, 0.6) is 0 Å². The normalized spacial score (nSPS) is 10.3. The Morgan fingerprint density at radius 2 is 2.12 bits per heavy atom. The molecule has 0 fully saturated rings. The molecule has 0 saturated heterocycles. The first-order chi connectivity index (χ1) is 8.19. The maximum Gasteiger partial charge on any atom is 0.236 e. The minimum Gasteiger partial charge on any atom is -0.337 e. The molecule has 0 heterocycles. The monoisotopic (exact) mass is 254 g/mol. The average molecular weight is 255 g/mol. The van der Waals surface area contributed by atoms with Crippen LogP contribution in [-0.4, -0.2) is 23.9 Å². The second-order valence-electron chi connectivity index (χ2n) is 3.96. The maximum absolute atomic E-state index is 11.7. The Hall–Kier alpha value is -1.06. The Labute approximate surface area is 108 Å². The van der Waals surface area contributed by atoms with Crippen LogP contribution >= 0.6 is 11.6 Å². The van der Waals surface area contributed by atoms with Crippen LogP contribution in [0.15, 0.2) is 24.3 Å². The second-order valence-corrected chi connectivity index (χ2v) is 4.37. The summed E-state index contributed by atoms with van der Waals surface area (Å²) in [4.78, 5) is 13.5. The fourth-order valence-electron chi connectivity index (χ4n) is 1.60. The lowest BCUT2D eigenvalue weighted by Gasteiger charge is -2.22. The molecule has 1 aromatic rings. The van der Waals surface area contributed by atoms with Crippen LogP contribution in [-0.2, 0) is 11.3 Å². The van der Waals surface area contributed by atoms with E-state index in [0.29, 0.717) is 11.6 Å². The summed E-state index contributed by atoms with van der Waals surface area (Å²) in [7, 11) is 0. The van der Waals surface area contributed by atoms with E-state index in [1.807, 2.05) is 24.3 Å². The number of carbonyl (C=O) groups excluding carboxylic acids is 1. The number of nitrogens with two attached hydrogens (primary N) is 1. The first-order valence-corrected chi connectivity index (χ1v) is 6.28. The molecule has 1 amide bonds. The van der Waals surface area contributed by atoms with Crippen LogP contribution in [0.3, 0.4) is 0 Å². The predicted octanol–water partition coefficient (Wildman–Crippen LogP) is 2.43. The summed E-state index contributed by atoms with van der Waals surface area (Å²) in [6.07, 6.45) is 2.03. The molecule has 0 saturated carbocycles. The summed E-state index contributed by atoms with van der Waals surface area (Å²) in [5.41, 5.74) is 6.38. The largest absolute Gasteiger partial charge is 0.337 e. The van der Waals surface area contributed by atoms with E-state index in [0.717, 1.165) is 24.9 Å². The number of rotatable bonds is 6. The van der Waals surface area contributed by atoms with Gasteiger partial charge in [0.1, 0.15) is 0 Å². The number of carbonyl (C=O) groups is 1. The summed E-state index contributed by atoms with van der Waals surface area (Å²) in [6, 6.07) is 7.58. The molecular weight excluding hydrogens is 236 g/mol. The van der Waals surface area contributed by atoms with Crippen molar-refractivity contribution in [2.24, 2.45) is 5.73 Å². The van der Waals surface area contributed by atoms with Gasteiger partial charge < -0.3 is 10.6 Å². The van der Waals surface area contributed by atoms with Crippen molar-refractivity contribution in [1.29, 1.82) is 0 Å². The van der Waals surface area contributed by atoms with Crippen LogP contribution in [0.1, 0.15) is 25.3 Å². The van der Waals surface area contributed by atoms with Crippen molar-refractivity contribution < 1.29 is 4.79 Å². The van der Waals surface area contributed by atoms with E-state index >= 15 is 0 Å². The molecule has 0 unspecified atom stereocenters. The van der Waals surface area contributed by atoms with Crippen molar-refractivity contribution in [2.45, 2.75) is 26.3 Å². The lowest BCUT2D eigenvalue weighted by Crippen LogP contribution is -2.36. The highest BCUT2D eigenvalue weighted by molar-refractivity contribution is 6.31. The summed E-state index contributed by atoms with van der Waals surface area (Å²) in [5.74, 6) is -0.0293. The third-order valence-electron chi connectivity index (χ3n) is 2.63. The predicted molar refractivity (Wildman–Crippen MR) is 70.8 cm³/mol. The van der Waals surface area contributed by atoms with Crippen molar-refractivity contribution in [3.8, 4) is 0 Å². The van der Waals surface area contributed by atoms with Gasteiger partial charge in [-0.2, -0.15) is 0 Å².